The molecule has 0 radical (unpaired) electrons. The molecule has 7 nitrogen and oxygen atoms in total. The molecule has 0 bridgehead atoms. The number of aliphatic hydroxyl groups is 1. The van der Waals surface area contributed by atoms with Crippen molar-refractivity contribution in [2.45, 2.75) is 6.10 Å². The van der Waals surface area contributed by atoms with Gasteiger partial charge in [-0.2, -0.15) is 0 Å². The zero-order valence-corrected chi connectivity index (χ0v) is 16.0. The second-order valence-electron chi connectivity index (χ2n) is 6.75. The minimum absolute atomic E-state index is 0.206. The van der Waals surface area contributed by atoms with Gasteiger partial charge in [-0.25, -0.2) is 0 Å². The number of rotatable bonds is 6. The Hall–Kier alpha value is -3.97. The van der Waals surface area contributed by atoms with Gasteiger partial charge >= 0.3 is 0 Å². The first kappa shape index (κ1) is 19.4. The van der Waals surface area contributed by atoms with E-state index in [0.717, 1.165) is 10.9 Å². The van der Waals surface area contributed by atoms with Crippen molar-refractivity contribution < 1.29 is 14.7 Å². The van der Waals surface area contributed by atoms with Gasteiger partial charge in [0.1, 0.15) is 11.8 Å². The first-order valence-electron chi connectivity index (χ1n) is 9.45. The molecular formula is C23H20N4O3. The van der Waals surface area contributed by atoms with Gasteiger partial charge < -0.3 is 20.7 Å². The summed E-state index contributed by atoms with van der Waals surface area (Å²) in [4.78, 5) is 31.9. The lowest BCUT2D eigenvalue weighted by Gasteiger charge is -2.16. The minimum Gasteiger partial charge on any atom is -0.382 e. The van der Waals surface area contributed by atoms with E-state index in [1.165, 1.54) is 0 Å². The Morgan fingerprint density at radius 2 is 1.77 bits per heavy atom. The SMILES string of the molecule is O=C(CNC(=O)c1cc2ccccc2[nH]1)Nc1ccccc1C(O)c1ccccn1. The van der Waals surface area contributed by atoms with Crippen LogP contribution in [0.1, 0.15) is 27.8 Å². The third-order valence-corrected chi connectivity index (χ3v) is 4.68. The number of para-hydroxylation sites is 2. The van der Waals surface area contributed by atoms with Gasteiger partial charge in [0.25, 0.3) is 5.91 Å². The van der Waals surface area contributed by atoms with Gasteiger partial charge in [-0.3, -0.25) is 14.6 Å². The number of nitrogens with one attached hydrogen (secondary N) is 3. The third-order valence-electron chi connectivity index (χ3n) is 4.68. The van der Waals surface area contributed by atoms with Crippen LogP contribution in [-0.2, 0) is 4.79 Å². The fourth-order valence-electron chi connectivity index (χ4n) is 3.19. The van der Waals surface area contributed by atoms with E-state index < -0.39 is 12.0 Å². The monoisotopic (exact) mass is 400 g/mol. The molecule has 2 amide bonds. The second-order valence-corrected chi connectivity index (χ2v) is 6.75. The number of hydrogen-bond donors (Lipinski definition) is 4. The predicted octanol–water partition coefficient (Wildman–Crippen LogP) is 3.01. The highest BCUT2D eigenvalue weighted by Crippen LogP contribution is 2.27. The number of nitrogens with zero attached hydrogens (tertiary/aromatic N) is 1. The lowest BCUT2D eigenvalue weighted by Crippen LogP contribution is -2.33. The number of carbonyl (C=O) groups is 2. The van der Waals surface area contributed by atoms with Crippen molar-refractivity contribution in [2.75, 3.05) is 11.9 Å². The lowest BCUT2D eigenvalue weighted by atomic mass is 10.0. The Morgan fingerprint density at radius 1 is 1.00 bits per heavy atom. The average molecular weight is 400 g/mol. The third kappa shape index (κ3) is 4.21. The first-order chi connectivity index (χ1) is 14.6. The molecule has 0 aliphatic carbocycles. The molecular weight excluding hydrogens is 380 g/mol. The van der Waals surface area contributed by atoms with Crippen LogP contribution in [0.25, 0.3) is 10.9 Å². The molecule has 0 aliphatic heterocycles. The van der Waals surface area contributed by atoms with Crippen LogP contribution >= 0.6 is 0 Å². The minimum atomic E-state index is -0.983. The van der Waals surface area contributed by atoms with Crippen LogP contribution in [0, 0.1) is 0 Å². The molecule has 1 unspecified atom stereocenters. The average Bonchev–Trinajstić information content (AvgIpc) is 3.22. The highest BCUT2D eigenvalue weighted by molar-refractivity contribution is 6.01. The number of amides is 2. The molecule has 0 aliphatic rings. The molecule has 150 valence electrons. The summed E-state index contributed by atoms with van der Waals surface area (Å²) in [5.41, 5.74) is 2.69. The Labute approximate surface area is 172 Å². The Morgan fingerprint density at radius 3 is 2.57 bits per heavy atom. The van der Waals surface area contributed by atoms with Crippen LogP contribution in [0.3, 0.4) is 0 Å². The summed E-state index contributed by atoms with van der Waals surface area (Å²) in [7, 11) is 0. The number of pyridine rings is 1. The van der Waals surface area contributed by atoms with Gasteiger partial charge in [-0.15, -0.1) is 0 Å². The van der Waals surface area contributed by atoms with Crippen molar-refractivity contribution in [3.63, 3.8) is 0 Å². The normalized spacial score (nSPS) is 11.8. The lowest BCUT2D eigenvalue weighted by molar-refractivity contribution is -0.115. The molecule has 4 aromatic rings. The number of aromatic amines is 1. The molecule has 0 saturated carbocycles. The zero-order chi connectivity index (χ0) is 20.9. The van der Waals surface area contributed by atoms with Crippen molar-refractivity contribution in [2.24, 2.45) is 0 Å². The number of hydrogen-bond acceptors (Lipinski definition) is 4. The van der Waals surface area contributed by atoms with Gasteiger partial charge in [-0.1, -0.05) is 42.5 Å². The van der Waals surface area contributed by atoms with Crippen LogP contribution in [-0.4, -0.2) is 33.4 Å². The van der Waals surface area contributed by atoms with E-state index in [1.807, 2.05) is 24.3 Å². The van der Waals surface area contributed by atoms with Crippen LogP contribution in [0.15, 0.2) is 79.0 Å². The number of fused-ring (bicyclic) bond motifs is 1. The smallest absolute Gasteiger partial charge is 0.268 e. The number of anilines is 1. The topological polar surface area (TPSA) is 107 Å². The van der Waals surface area contributed by atoms with E-state index in [2.05, 4.69) is 20.6 Å². The highest BCUT2D eigenvalue weighted by atomic mass is 16.3. The van der Waals surface area contributed by atoms with Gasteiger partial charge in [0, 0.05) is 28.4 Å². The van der Waals surface area contributed by atoms with Gasteiger partial charge in [0.05, 0.1) is 12.2 Å². The Bertz CT molecular complexity index is 1150. The van der Waals surface area contributed by atoms with E-state index in [-0.39, 0.29) is 12.5 Å². The van der Waals surface area contributed by atoms with Gasteiger partial charge in [-0.05, 0) is 30.3 Å². The molecule has 2 aromatic carbocycles. The second kappa shape index (κ2) is 8.59. The largest absolute Gasteiger partial charge is 0.382 e. The molecule has 4 N–H and O–H groups in total. The molecule has 4 rings (SSSR count). The Kier molecular flexibility index (Phi) is 5.54. The van der Waals surface area contributed by atoms with Gasteiger partial charge in [0.15, 0.2) is 0 Å². The van der Waals surface area contributed by atoms with Crippen molar-refractivity contribution >= 4 is 28.4 Å². The summed E-state index contributed by atoms with van der Waals surface area (Å²) < 4.78 is 0. The summed E-state index contributed by atoms with van der Waals surface area (Å²) in [5.74, 6) is -0.775. The van der Waals surface area contributed by atoms with Crippen LogP contribution < -0.4 is 10.6 Å². The van der Waals surface area contributed by atoms with Crippen LogP contribution in [0.4, 0.5) is 5.69 Å². The number of H-pyrrole nitrogens is 1. The maximum absolute atomic E-state index is 12.4. The fourth-order valence-corrected chi connectivity index (χ4v) is 3.19. The summed E-state index contributed by atoms with van der Waals surface area (Å²) in [6, 6.07) is 21.5. The number of aliphatic hydroxyl groups excluding tert-OH is 1. The predicted molar refractivity (Wildman–Crippen MR) is 114 cm³/mol. The van der Waals surface area contributed by atoms with E-state index in [0.29, 0.717) is 22.6 Å². The van der Waals surface area contributed by atoms with E-state index in [1.54, 1.807) is 54.7 Å². The molecule has 1 atom stereocenters. The molecule has 2 heterocycles. The van der Waals surface area contributed by atoms with Crippen molar-refractivity contribution in [1.29, 1.82) is 0 Å². The molecule has 0 saturated heterocycles. The molecule has 7 heteroatoms. The maximum atomic E-state index is 12.4. The van der Waals surface area contributed by atoms with E-state index in [4.69, 9.17) is 0 Å². The Balaban J connectivity index is 1.41. The zero-order valence-electron chi connectivity index (χ0n) is 16.0. The highest BCUT2D eigenvalue weighted by Gasteiger charge is 2.17. The first-order valence-corrected chi connectivity index (χ1v) is 9.45. The maximum Gasteiger partial charge on any atom is 0.268 e. The molecule has 30 heavy (non-hydrogen) atoms. The standard InChI is InChI=1S/C23H20N4O3/c28-21(14-25-23(30)20-13-15-7-1-3-9-17(15)26-20)27-18-10-4-2-8-16(18)22(29)19-11-5-6-12-24-19/h1-13,22,26,29H,14H2,(H,25,30)(H,27,28). The number of benzene rings is 2. The summed E-state index contributed by atoms with van der Waals surface area (Å²) in [5, 5.41) is 16.9. The molecule has 0 spiro atoms. The summed E-state index contributed by atoms with van der Waals surface area (Å²) in [6.45, 7) is -0.206. The van der Waals surface area contributed by atoms with Crippen LogP contribution in [0.2, 0.25) is 0 Å². The van der Waals surface area contributed by atoms with Crippen LogP contribution in [0.5, 0.6) is 0 Å². The quantitative estimate of drug-likeness (QED) is 0.399. The number of aromatic nitrogens is 2. The number of carbonyl (C=O) groups excluding carboxylic acids is 2. The van der Waals surface area contributed by atoms with E-state index in [9.17, 15) is 14.7 Å². The van der Waals surface area contributed by atoms with Crippen molar-refractivity contribution in [3.05, 3.63) is 95.9 Å². The molecule has 2 aromatic heterocycles. The van der Waals surface area contributed by atoms with E-state index >= 15 is 0 Å². The fraction of sp³-hybridized carbons (Fsp3) is 0.0870. The van der Waals surface area contributed by atoms with Crippen molar-refractivity contribution in [1.82, 2.24) is 15.3 Å². The van der Waals surface area contributed by atoms with Crippen molar-refractivity contribution in [3.8, 4) is 0 Å². The molecule has 0 fully saturated rings. The van der Waals surface area contributed by atoms with Gasteiger partial charge in [0.2, 0.25) is 5.91 Å². The summed E-state index contributed by atoms with van der Waals surface area (Å²) >= 11 is 0. The summed E-state index contributed by atoms with van der Waals surface area (Å²) in [6.07, 6.45) is 0.614.